The number of halogens is 1. The Labute approximate surface area is 222 Å². The fourth-order valence-electron chi connectivity index (χ4n) is 3.86. The van der Waals surface area contributed by atoms with Crippen LogP contribution in [0, 0.1) is 0 Å². The van der Waals surface area contributed by atoms with E-state index in [2.05, 4.69) is 15.6 Å². The normalized spacial score (nSPS) is 12.5. The summed E-state index contributed by atoms with van der Waals surface area (Å²) in [6.07, 6.45) is 0.299. The summed E-state index contributed by atoms with van der Waals surface area (Å²) in [7, 11) is 0. The average Bonchev–Trinajstić information content (AvgIpc) is 3.35. The zero-order chi connectivity index (χ0) is 27.4. The van der Waals surface area contributed by atoms with Gasteiger partial charge in [-0.15, -0.1) is 0 Å². The number of carbonyl (C=O) groups excluding carboxylic acids is 3. The van der Waals surface area contributed by atoms with Crippen LogP contribution in [0.25, 0.3) is 22.2 Å². The van der Waals surface area contributed by atoms with Crippen LogP contribution in [0.2, 0.25) is 5.02 Å². The Kier molecular flexibility index (Phi) is 7.87. The molecule has 0 fully saturated rings. The third kappa shape index (κ3) is 5.73. The number of rotatable bonds is 9. The number of nitrogens with one attached hydrogen (secondary N) is 2. The van der Waals surface area contributed by atoms with Crippen LogP contribution < -0.4 is 10.6 Å². The topological polar surface area (TPSA) is 139 Å². The largest absolute Gasteiger partial charge is 0.478 e. The molecule has 0 saturated heterocycles. The smallest absolute Gasteiger partial charge is 0.336 e. The van der Waals surface area contributed by atoms with Crippen molar-refractivity contribution in [1.82, 2.24) is 15.6 Å². The van der Waals surface area contributed by atoms with E-state index in [1.165, 1.54) is 31.2 Å². The number of amides is 2. The van der Waals surface area contributed by atoms with Crippen molar-refractivity contribution >= 4 is 46.3 Å². The summed E-state index contributed by atoms with van der Waals surface area (Å²) in [5.74, 6) is -2.72. The minimum atomic E-state index is -1.10. The Morgan fingerprint density at radius 3 is 2.37 bits per heavy atom. The SMILES string of the molecule is CC[C@H](NC(=O)[C@H](C)NC(=O)c1ccc(-c2cc(Cl)ccc2C(=O)O)cc1)C(=O)c1nc2ccccc2o1. The molecule has 0 saturated carbocycles. The molecule has 0 aliphatic rings. The Bertz CT molecular complexity index is 1500. The highest BCUT2D eigenvalue weighted by Gasteiger charge is 2.27. The second kappa shape index (κ2) is 11.3. The van der Waals surface area contributed by atoms with E-state index >= 15 is 0 Å². The zero-order valence-corrected chi connectivity index (χ0v) is 21.3. The Balaban J connectivity index is 1.41. The number of ketones is 1. The molecule has 1 heterocycles. The van der Waals surface area contributed by atoms with Gasteiger partial charge in [-0.3, -0.25) is 14.4 Å². The van der Waals surface area contributed by atoms with Crippen molar-refractivity contribution in [1.29, 1.82) is 0 Å². The highest BCUT2D eigenvalue weighted by Crippen LogP contribution is 2.27. The number of para-hydroxylation sites is 2. The van der Waals surface area contributed by atoms with E-state index in [1.54, 1.807) is 49.4 Å². The van der Waals surface area contributed by atoms with Crippen LogP contribution in [0.3, 0.4) is 0 Å². The van der Waals surface area contributed by atoms with E-state index in [4.69, 9.17) is 16.0 Å². The van der Waals surface area contributed by atoms with Gasteiger partial charge in [-0.25, -0.2) is 9.78 Å². The summed E-state index contributed by atoms with van der Waals surface area (Å²) < 4.78 is 5.52. The minimum absolute atomic E-state index is 0.0785. The van der Waals surface area contributed by atoms with Gasteiger partial charge < -0.3 is 20.2 Å². The first-order valence-corrected chi connectivity index (χ1v) is 12.2. The molecule has 0 radical (unpaired) electrons. The van der Waals surface area contributed by atoms with Crippen molar-refractivity contribution in [3.63, 3.8) is 0 Å². The van der Waals surface area contributed by atoms with Crippen molar-refractivity contribution in [2.45, 2.75) is 32.4 Å². The third-order valence-electron chi connectivity index (χ3n) is 5.96. The number of carboxylic acids is 1. The fraction of sp³-hybridized carbons (Fsp3) is 0.179. The monoisotopic (exact) mass is 533 g/mol. The van der Waals surface area contributed by atoms with Gasteiger partial charge in [0.25, 0.3) is 11.8 Å². The predicted octanol–water partition coefficient (Wildman–Crippen LogP) is 4.74. The third-order valence-corrected chi connectivity index (χ3v) is 6.19. The number of aromatic carboxylic acids is 1. The molecule has 0 aliphatic heterocycles. The summed E-state index contributed by atoms with van der Waals surface area (Å²) in [5.41, 5.74) is 2.34. The molecular weight excluding hydrogens is 510 g/mol. The van der Waals surface area contributed by atoms with E-state index in [9.17, 15) is 24.3 Å². The van der Waals surface area contributed by atoms with Crippen LogP contribution in [0.4, 0.5) is 0 Å². The minimum Gasteiger partial charge on any atom is -0.478 e. The number of Topliss-reactive ketones (excluding diaryl/α,β-unsaturated/α-hetero) is 1. The van der Waals surface area contributed by atoms with Gasteiger partial charge in [-0.2, -0.15) is 0 Å². The number of nitrogens with zero attached hydrogens (tertiary/aromatic N) is 1. The van der Waals surface area contributed by atoms with Gasteiger partial charge in [-0.1, -0.05) is 42.8 Å². The number of fused-ring (bicyclic) bond motifs is 1. The van der Waals surface area contributed by atoms with Crippen LogP contribution >= 0.6 is 11.6 Å². The van der Waals surface area contributed by atoms with Crippen LogP contribution in [0.15, 0.2) is 71.1 Å². The van der Waals surface area contributed by atoms with Crippen molar-refractivity contribution in [3.05, 3.63) is 88.8 Å². The number of hydrogen-bond donors (Lipinski definition) is 3. The molecule has 4 aromatic rings. The lowest BCUT2D eigenvalue weighted by molar-refractivity contribution is -0.123. The van der Waals surface area contributed by atoms with Gasteiger partial charge in [0, 0.05) is 10.6 Å². The van der Waals surface area contributed by atoms with Crippen LogP contribution in [-0.2, 0) is 4.79 Å². The molecule has 38 heavy (non-hydrogen) atoms. The molecule has 2 amide bonds. The lowest BCUT2D eigenvalue weighted by atomic mass is 9.98. The number of aromatic nitrogens is 1. The number of hydrogen-bond acceptors (Lipinski definition) is 6. The molecule has 1 aromatic heterocycles. The molecule has 4 rings (SSSR count). The van der Waals surface area contributed by atoms with E-state index in [0.29, 0.717) is 33.7 Å². The second-order valence-electron chi connectivity index (χ2n) is 8.59. The molecule has 0 unspecified atom stereocenters. The highest BCUT2D eigenvalue weighted by atomic mass is 35.5. The van der Waals surface area contributed by atoms with Gasteiger partial charge in [0.2, 0.25) is 11.7 Å². The summed E-state index contributed by atoms with van der Waals surface area (Å²) >= 11 is 6.03. The maximum atomic E-state index is 12.9. The quantitative estimate of drug-likeness (QED) is 0.264. The summed E-state index contributed by atoms with van der Waals surface area (Å²) in [6, 6.07) is 15.8. The number of carbonyl (C=O) groups is 4. The number of carboxylic acid groups (broad SMARTS) is 1. The lowest BCUT2D eigenvalue weighted by Gasteiger charge is -2.19. The standard InChI is InChI=1S/C28H24ClN3O6/c1-3-21(24(33)27-32-22-6-4-5-7-23(22)38-27)31-25(34)15(2)30-26(35)17-10-8-16(9-11-17)20-14-18(29)12-13-19(20)28(36)37/h4-15,21H,3H2,1-2H3,(H,30,35)(H,31,34)(H,36,37)/t15-,21-/m0/s1. The Morgan fingerprint density at radius 1 is 1.00 bits per heavy atom. The molecule has 0 aliphatic carbocycles. The molecule has 3 N–H and O–H groups in total. The molecule has 3 aromatic carbocycles. The first kappa shape index (κ1) is 26.6. The Hall–Kier alpha value is -4.50. The van der Waals surface area contributed by atoms with Gasteiger partial charge in [0.1, 0.15) is 11.6 Å². The lowest BCUT2D eigenvalue weighted by Crippen LogP contribution is -2.50. The number of oxazole rings is 1. The molecular formula is C28H24ClN3O6. The van der Waals surface area contributed by atoms with Crippen LogP contribution in [0.1, 0.15) is 51.7 Å². The summed E-state index contributed by atoms with van der Waals surface area (Å²) in [5, 5.41) is 15.1. The van der Waals surface area contributed by atoms with E-state index in [-0.39, 0.29) is 17.0 Å². The second-order valence-corrected chi connectivity index (χ2v) is 9.02. The van der Waals surface area contributed by atoms with E-state index in [0.717, 1.165) is 0 Å². The van der Waals surface area contributed by atoms with Gasteiger partial charge in [0.15, 0.2) is 5.58 Å². The highest BCUT2D eigenvalue weighted by molar-refractivity contribution is 6.31. The number of benzene rings is 3. The molecule has 0 spiro atoms. The van der Waals surface area contributed by atoms with Crippen molar-refractivity contribution < 1.29 is 28.7 Å². The van der Waals surface area contributed by atoms with Gasteiger partial charge in [0.05, 0.1) is 11.6 Å². The van der Waals surface area contributed by atoms with Gasteiger partial charge >= 0.3 is 5.97 Å². The first-order valence-electron chi connectivity index (χ1n) is 11.8. The summed E-state index contributed by atoms with van der Waals surface area (Å²) in [4.78, 5) is 54.1. The Morgan fingerprint density at radius 2 is 1.71 bits per heavy atom. The van der Waals surface area contributed by atoms with Crippen LogP contribution in [-0.4, -0.2) is 45.7 Å². The van der Waals surface area contributed by atoms with Crippen LogP contribution in [0.5, 0.6) is 0 Å². The molecule has 10 heteroatoms. The first-order chi connectivity index (χ1) is 18.2. The van der Waals surface area contributed by atoms with Gasteiger partial charge in [-0.05, 0) is 66.9 Å². The maximum Gasteiger partial charge on any atom is 0.336 e. The van der Waals surface area contributed by atoms with Crippen molar-refractivity contribution in [2.75, 3.05) is 0 Å². The van der Waals surface area contributed by atoms with E-state index < -0.39 is 35.7 Å². The average molecular weight is 534 g/mol. The summed E-state index contributed by atoms with van der Waals surface area (Å²) in [6.45, 7) is 3.25. The van der Waals surface area contributed by atoms with E-state index in [1.807, 2.05) is 0 Å². The van der Waals surface area contributed by atoms with Crippen molar-refractivity contribution in [3.8, 4) is 11.1 Å². The fourth-order valence-corrected chi connectivity index (χ4v) is 4.04. The molecule has 0 bridgehead atoms. The maximum absolute atomic E-state index is 12.9. The molecule has 9 nitrogen and oxygen atoms in total. The molecule has 2 atom stereocenters. The zero-order valence-electron chi connectivity index (χ0n) is 20.5. The molecule has 194 valence electrons. The predicted molar refractivity (Wildman–Crippen MR) is 141 cm³/mol. The van der Waals surface area contributed by atoms with Crippen molar-refractivity contribution in [2.24, 2.45) is 0 Å².